The summed E-state index contributed by atoms with van der Waals surface area (Å²) in [5.41, 5.74) is 1.62. The molecule has 1 N–H and O–H groups in total. The number of nitrogens with zero attached hydrogens (tertiary/aromatic N) is 4. The third-order valence-electron chi connectivity index (χ3n) is 3.53. The number of ether oxygens (including phenoxy) is 2. The van der Waals surface area contributed by atoms with Crippen LogP contribution in [-0.4, -0.2) is 40.3 Å². The lowest BCUT2D eigenvalue weighted by Gasteiger charge is -2.04. The van der Waals surface area contributed by atoms with Gasteiger partial charge in [0.15, 0.2) is 0 Å². The van der Waals surface area contributed by atoms with E-state index in [0.717, 1.165) is 17.1 Å². The van der Waals surface area contributed by atoms with Gasteiger partial charge >= 0.3 is 0 Å². The highest BCUT2D eigenvalue weighted by Crippen LogP contribution is 2.13. The average molecular weight is 339 g/mol. The fraction of sp³-hybridized carbons (Fsp3) is 0.176. The molecule has 0 saturated carbocycles. The second-order valence-corrected chi connectivity index (χ2v) is 5.13. The van der Waals surface area contributed by atoms with Crippen LogP contribution < -0.4 is 14.8 Å². The fourth-order valence-corrected chi connectivity index (χ4v) is 2.13. The van der Waals surface area contributed by atoms with Crippen molar-refractivity contribution >= 4 is 5.91 Å². The monoisotopic (exact) mass is 339 g/mol. The Bertz CT molecular complexity index is 843. The van der Waals surface area contributed by atoms with Crippen LogP contribution in [0.15, 0.2) is 48.5 Å². The quantitative estimate of drug-likeness (QED) is 0.734. The van der Waals surface area contributed by atoms with Crippen molar-refractivity contribution in [1.82, 2.24) is 25.5 Å². The molecule has 3 aromatic rings. The summed E-state index contributed by atoms with van der Waals surface area (Å²) in [4.78, 5) is 13.4. The number of rotatable bonds is 6. The zero-order chi connectivity index (χ0) is 17.6. The van der Waals surface area contributed by atoms with Crippen LogP contribution >= 0.6 is 0 Å². The van der Waals surface area contributed by atoms with E-state index in [2.05, 4.69) is 20.7 Å². The van der Waals surface area contributed by atoms with Crippen molar-refractivity contribution in [1.29, 1.82) is 0 Å². The number of benzene rings is 2. The van der Waals surface area contributed by atoms with Crippen LogP contribution in [0.4, 0.5) is 0 Å². The summed E-state index contributed by atoms with van der Waals surface area (Å²) in [6, 6.07) is 14.5. The molecule has 0 bridgehead atoms. The topological polar surface area (TPSA) is 91.2 Å². The third kappa shape index (κ3) is 3.92. The first-order chi connectivity index (χ1) is 12.2. The summed E-state index contributed by atoms with van der Waals surface area (Å²) in [7, 11) is 3.20. The number of nitrogens with one attached hydrogen (secondary N) is 1. The number of hydrogen-bond acceptors (Lipinski definition) is 6. The van der Waals surface area contributed by atoms with Gasteiger partial charge in [0.1, 0.15) is 11.5 Å². The van der Waals surface area contributed by atoms with Crippen molar-refractivity contribution in [2.24, 2.45) is 0 Å². The largest absolute Gasteiger partial charge is 0.497 e. The Morgan fingerprint density at radius 2 is 1.60 bits per heavy atom. The number of hydrogen-bond donors (Lipinski definition) is 1. The summed E-state index contributed by atoms with van der Waals surface area (Å²) in [6.45, 7) is 0.361. The van der Waals surface area contributed by atoms with Crippen LogP contribution in [0, 0.1) is 0 Å². The summed E-state index contributed by atoms with van der Waals surface area (Å²) >= 11 is 0. The molecule has 3 rings (SSSR count). The van der Waals surface area contributed by atoms with E-state index in [1.54, 1.807) is 38.5 Å². The van der Waals surface area contributed by atoms with Gasteiger partial charge < -0.3 is 14.8 Å². The van der Waals surface area contributed by atoms with Gasteiger partial charge in [0.25, 0.3) is 11.7 Å². The molecule has 0 aliphatic heterocycles. The number of methoxy groups -OCH3 is 2. The molecule has 0 spiro atoms. The van der Waals surface area contributed by atoms with E-state index in [0.29, 0.717) is 12.2 Å². The van der Waals surface area contributed by atoms with Crippen LogP contribution in [0.2, 0.25) is 0 Å². The highest BCUT2D eigenvalue weighted by atomic mass is 16.5. The van der Waals surface area contributed by atoms with Crippen molar-refractivity contribution < 1.29 is 14.3 Å². The maximum atomic E-state index is 12.2. The van der Waals surface area contributed by atoms with E-state index >= 15 is 0 Å². The summed E-state index contributed by atoms with van der Waals surface area (Å²) < 4.78 is 10.2. The molecular formula is C17H17N5O3. The predicted octanol–water partition coefficient (Wildman–Crippen LogP) is 1.61. The maximum absolute atomic E-state index is 12.2. The van der Waals surface area contributed by atoms with E-state index < -0.39 is 5.91 Å². The van der Waals surface area contributed by atoms with E-state index in [-0.39, 0.29) is 5.82 Å². The van der Waals surface area contributed by atoms with Gasteiger partial charge in [-0.15, -0.1) is 15.0 Å². The summed E-state index contributed by atoms with van der Waals surface area (Å²) in [6.07, 6.45) is 0. The number of carbonyl (C=O) groups excluding carboxylic acids is 1. The van der Waals surface area contributed by atoms with Crippen LogP contribution in [0.5, 0.6) is 11.5 Å². The molecule has 0 unspecified atom stereocenters. The first-order valence-corrected chi connectivity index (χ1v) is 7.55. The molecule has 0 atom stereocenters. The minimum Gasteiger partial charge on any atom is -0.497 e. The fourth-order valence-electron chi connectivity index (χ4n) is 2.13. The number of amides is 1. The first-order valence-electron chi connectivity index (χ1n) is 7.55. The number of carbonyl (C=O) groups is 1. The van der Waals surface area contributed by atoms with Crippen LogP contribution in [0.1, 0.15) is 16.2 Å². The van der Waals surface area contributed by atoms with E-state index in [1.807, 2.05) is 24.3 Å². The zero-order valence-electron chi connectivity index (χ0n) is 13.8. The van der Waals surface area contributed by atoms with E-state index in [9.17, 15) is 4.79 Å². The van der Waals surface area contributed by atoms with Crippen LogP contribution in [0.3, 0.4) is 0 Å². The standard InChI is InChI=1S/C17H17N5O3/c1-24-14-7-3-12(4-8-14)11-18-17(23)16-19-21-22(20-16)13-5-9-15(25-2)10-6-13/h3-10H,11H2,1-2H3,(H,18,23). The minimum atomic E-state index is -0.393. The Morgan fingerprint density at radius 1 is 1.00 bits per heavy atom. The molecule has 1 heterocycles. The van der Waals surface area contributed by atoms with Gasteiger partial charge in [-0.3, -0.25) is 4.79 Å². The third-order valence-corrected chi connectivity index (χ3v) is 3.53. The van der Waals surface area contributed by atoms with Gasteiger partial charge in [0.2, 0.25) is 0 Å². The minimum absolute atomic E-state index is 0.00401. The molecule has 25 heavy (non-hydrogen) atoms. The Morgan fingerprint density at radius 3 is 2.20 bits per heavy atom. The lowest BCUT2D eigenvalue weighted by Crippen LogP contribution is -2.24. The van der Waals surface area contributed by atoms with Crippen molar-refractivity contribution in [3.8, 4) is 17.2 Å². The zero-order valence-corrected chi connectivity index (χ0v) is 13.8. The van der Waals surface area contributed by atoms with E-state index in [4.69, 9.17) is 9.47 Å². The molecule has 1 aromatic heterocycles. The molecule has 0 aliphatic rings. The lowest BCUT2D eigenvalue weighted by atomic mass is 10.2. The second-order valence-electron chi connectivity index (χ2n) is 5.13. The van der Waals surface area contributed by atoms with Crippen molar-refractivity contribution in [2.75, 3.05) is 14.2 Å². The summed E-state index contributed by atoms with van der Waals surface area (Å²) in [5, 5.41) is 14.5. The molecule has 1 amide bonds. The molecule has 128 valence electrons. The van der Waals surface area contributed by atoms with E-state index in [1.165, 1.54) is 4.80 Å². The molecule has 0 aliphatic carbocycles. The number of aromatic nitrogens is 4. The maximum Gasteiger partial charge on any atom is 0.293 e. The Kier molecular flexibility index (Phi) is 4.89. The van der Waals surface area contributed by atoms with Gasteiger partial charge in [-0.1, -0.05) is 12.1 Å². The molecule has 0 fully saturated rings. The SMILES string of the molecule is COc1ccc(CNC(=O)c2nnn(-c3ccc(OC)cc3)n2)cc1. The normalized spacial score (nSPS) is 10.3. The Balaban J connectivity index is 1.63. The number of tetrazole rings is 1. The lowest BCUT2D eigenvalue weighted by molar-refractivity contribution is 0.0940. The summed E-state index contributed by atoms with van der Waals surface area (Å²) in [5.74, 6) is 1.10. The molecule has 0 saturated heterocycles. The molecule has 0 radical (unpaired) electrons. The first kappa shape index (κ1) is 16.4. The molecule has 8 heteroatoms. The van der Waals surface area contributed by atoms with Gasteiger partial charge in [0.05, 0.1) is 19.9 Å². The highest BCUT2D eigenvalue weighted by molar-refractivity contribution is 5.90. The van der Waals surface area contributed by atoms with Gasteiger partial charge in [-0.25, -0.2) is 0 Å². The Hall–Kier alpha value is -3.42. The molecule has 2 aromatic carbocycles. The van der Waals surface area contributed by atoms with Crippen molar-refractivity contribution in [3.05, 3.63) is 59.9 Å². The predicted molar refractivity (Wildman–Crippen MR) is 89.9 cm³/mol. The smallest absolute Gasteiger partial charge is 0.293 e. The van der Waals surface area contributed by atoms with Crippen molar-refractivity contribution in [2.45, 2.75) is 6.54 Å². The van der Waals surface area contributed by atoms with Gasteiger partial charge in [0, 0.05) is 6.54 Å². The van der Waals surface area contributed by atoms with Crippen molar-refractivity contribution in [3.63, 3.8) is 0 Å². The average Bonchev–Trinajstić information content (AvgIpc) is 3.17. The van der Waals surface area contributed by atoms with Crippen LogP contribution in [-0.2, 0) is 6.54 Å². The Labute approximate surface area is 144 Å². The highest BCUT2D eigenvalue weighted by Gasteiger charge is 2.13. The van der Waals surface area contributed by atoms with Gasteiger partial charge in [-0.05, 0) is 47.2 Å². The van der Waals surface area contributed by atoms with Crippen LogP contribution in [0.25, 0.3) is 5.69 Å². The molecular weight excluding hydrogens is 322 g/mol. The van der Waals surface area contributed by atoms with Gasteiger partial charge in [-0.2, -0.15) is 0 Å². The molecule has 8 nitrogen and oxygen atoms in total. The second kappa shape index (κ2) is 7.43.